The number of hydrogen-bond acceptors (Lipinski definition) is 8. The minimum atomic E-state index is -0.798. The highest BCUT2D eigenvalue weighted by molar-refractivity contribution is 5.99. The first-order valence-corrected chi connectivity index (χ1v) is 8.23. The van der Waals surface area contributed by atoms with E-state index in [1.807, 2.05) is 0 Å². The van der Waals surface area contributed by atoms with E-state index in [1.165, 1.54) is 37.4 Å². The van der Waals surface area contributed by atoms with Crippen molar-refractivity contribution in [1.29, 1.82) is 0 Å². The highest BCUT2D eigenvalue weighted by Crippen LogP contribution is 2.30. The van der Waals surface area contributed by atoms with Crippen LogP contribution in [-0.4, -0.2) is 43.0 Å². The van der Waals surface area contributed by atoms with E-state index in [2.05, 4.69) is 10.6 Å². The van der Waals surface area contributed by atoms with Crippen LogP contribution in [0.3, 0.4) is 0 Å². The highest BCUT2D eigenvalue weighted by atomic mass is 16.6. The number of nitro benzene ring substituents is 1. The van der Waals surface area contributed by atoms with E-state index in [0.717, 1.165) is 6.07 Å². The van der Waals surface area contributed by atoms with Crippen LogP contribution in [0.5, 0.6) is 11.5 Å². The molecule has 1 heterocycles. The van der Waals surface area contributed by atoms with Crippen molar-refractivity contribution in [2.24, 2.45) is 0 Å². The number of amides is 2. The zero-order chi connectivity index (χ0) is 21.0. The standard InChI is InChI=1S/C18H15N3O8/c1-27-11-3-5-12(14(7-11)21(25)26)19-17(23)9-29-18(24)10-2-4-13-15(6-10)28-8-16(22)20-13/h2-7H,8-9H2,1H3,(H,19,23)(H,20,22). The molecule has 2 aromatic rings. The van der Waals surface area contributed by atoms with Crippen molar-refractivity contribution in [1.82, 2.24) is 0 Å². The van der Waals surface area contributed by atoms with Gasteiger partial charge in [0.05, 0.1) is 29.4 Å². The van der Waals surface area contributed by atoms with Gasteiger partial charge in [0.25, 0.3) is 17.5 Å². The lowest BCUT2D eigenvalue weighted by Gasteiger charge is -2.18. The molecule has 0 unspecified atom stereocenters. The zero-order valence-electron chi connectivity index (χ0n) is 15.1. The summed E-state index contributed by atoms with van der Waals surface area (Å²) in [4.78, 5) is 45.9. The second-order valence-corrected chi connectivity index (χ2v) is 5.81. The van der Waals surface area contributed by atoms with Crippen LogP contribution >= 0.6 is 0 Å². The molecule has 150 valence electrons. The molecule has 0 saturated carbocycles. The summed E-state index contributed by atoms with van der Waals surface area (Å²) in [6.45, 7) is -0.828. The average molecular weight is 401 g/mol. The Morgan fingerprint density at radius 1 is 1.28 bits per heavy atom. The summed E-state index contributed by atoms with van der Waals surface area (Å²) in [6.07, 6.45) is 0. The molecule has 2 amide bonds. The summed E-state index contributed by atoms with van der Waals surface area (Å²) in [5, 5.41) is 16.0. The number of hydrogen-bond donors (Lipinski definition) is 2. The number of rotatable bonds is 6. The summed E-state index contributed by atoms with van der Waals surface area (Å²) in [5.41, 5.74) is 0.109. The maximum absolute atomic E-state index is 12.1. The molecule has 11 nitrogen and oxygen atoms in total. The number of nitrogens with one attached hydrogen (secondary N) is 2. The number of carbonyl (C=O) groups excluding carboxylic acids is 3. The summed E-state index contributed by atoms with van der Waals surface area (Å²) < 4.78 is 15.1. The van der Waals surface area contributed by atoms with E-state index in [0.29, 0.717) is 11.4 Å². The van der Waals surface area contributed by atoms with Gasteiger partial charge in [-0.1, -0.05) is 0 Å². The Bertz CT molecular complexity index is 1000. The predicted octanol–water partition coefficient (Wildman–Crippen LogP) is 1.73. The van der Waals surface area contributed by atoms with Crippen molar-refractivity contribution in [3.8, 4) is 11.5 Å². The van der Waals surface area contributed by atoms with Crippen LogP contribution in [0.4, 0.5) is 17.1 Å². The molecule has 0 spiro atoms. The molecule has 2 aromatic carbocycles. The molecule has 0 atom stereocenters. The maximum atomic E-state index is 12.1. The van der Waals surface area contributed by atoms with Gasteiger partial charge >= 0.3 is 5.97 Å². The normalized spacial score (nSPS) is 12.1. The topological polar surface area (TPSA) is 146 Å². The molecule has 0 bridgehead atoms. The molecular formula is C18H15N3O8. The van der Waals surface area contributed by atoms with Crippen LogP contribution in [-0.2, 0) is 14.3 Å². The van der Waals surface area contributed by atoms with Crippen LogP contribution in [0.15, 0.2) is 36.4 Å². The highest BCUT2D eigenvalue weighted by Gasteiger charge is 2.20. The minimum absolute atomic E-state index is 0.0604. The molecule has 0 fully saturated rings. The van der Waals surface area contributed by atoms with Crippen molar-refractivity contribution < 1.29 is 33.5 Å². The first-order valence-electron chi connectivity index (χ1n) is 8.23. The molecule has 29 heavy (non-hydrogen) atoms. The van der Waals surface area contributed by atoms with E-state index >= 15 is 0 Å². The molecule has 11 heteroatoms. The molecule has 0 radical (unpaired) electrons. The molecule has 0 aromatic heterocycles. The second kappa shape index (κ2) is 8.25. The van der Waals surface area contributed by atoms with Crippen molar-refractivity contribution >= 4 is 34.8 Å². The fraction of sp³-hybridized carbons (Fsp3) is 0.167. The first-order chi connectivity index (χ1) is 13.9. The molecule has 2 N–H and O–H groups in total. The third kappa shape index (κ3) is 4.58. The molecule has 1 aliphatic heterocycles. The number of carbonyl (C=O) groups is 3. The third-order valence-electron chi connectivity index (χ3n) is 3.86. The Labute approximate surface area is 163 Å². The van der Waals surface area contributed by atoms with Crippen LogP contribution in [0.1, 0.15) is 10.4 Å². The number of benzene rings is 2. The molecule has 3 rings (SSSR count). The monoisotopic (exact) mass is 401 g/mol. The number of nitro groups is 1. The number of nitrogens with zero attached hydrogens (tertiary/aromatic N) is 1. The van der Waals surface area contributed by atoms with Gasteiger partial charge < -0.3 is 24.8 Å². The molecule has 0 saturated heterocycles. The van der Waals surface area contributed by atoms with Gasteiger partial charge in [-0.15, -0.1) is 0 Å². The summed E-state index contributed by atoms with van der Waals surface area (Å²) in [5.74, 6) is -1.30. The van der Waals surface area contributed by atoms with Gasteiger partial charge in [0.1, 0.15) is 17.2 Å². The van der Waals surface area contributed by atoms with Crippen LogP contribution in [0.2, 0.25) is 0 Å². The summed E-state index contributed by atoms with van der Waals surface area (Å²) in [7, 11) is 1.36. The fourth-order valence-electron chi connectivity index (χ4n) is 2.50. The minimum Gasteiger partial charge on any atom is -0.496 e. The van der Waals surface area contributed by atoms with Crippen molar-refractivity contribution in [2.45, 2.75) is 0 Å². The quantitative estimate of drug-likeness (QED) is 0.423. The molecular weight excluding hydrogens is 386 g/mol. The van der Waals surface area contributed by atoms with Crippen LogP contribution < -0.4 is 20.1 Å². The molecule has 0 aliphatic carbocycles. The zero-order valence-corrected chi connectivity index (χ0v) is 15.1. The lowest BCUT2D eigenvalue weighted by Crippen LogP contribution is -2.25. The number of methoxy groups -OCH3 is 1. The molecule has 1 aliphatic rings. The van der Waals surface area contributed by atoms with Gasteiger partial charge in [-0.05, 0) is 30.3 Å². The Balaban J connectivity index is 1.62. The van der Waals surface area contributed by atoms with Crippen molar-refractivity contribution in [3.05, 3.63) is 52.1 Å². The van der Waals surface area contributed by atoms with E-state index < -0.39 is 23.4 Å². The Morgan fingerprint density at radius 3 is 2.79 bits per heavy atom. The van der Waals surface area contributed by atoms with E-state index in [-0.39, 0.29) is 35.2 Å². The smallest absolute Gasteiger partial charge is 0.338 e. The lowest BCUT2D eigenvalue weighted by atomic mass is 10.1. The van der Waals surface area contributed by atoms with Gasteiger partial charge in [-0.2, -0.15) is 0 Å². The number of ether oxygens (including phenoxy) is 3. The Morgan fingerprint density at radius 2 is 2.07 bits per heavy atom. The third-order valence-corrected chi connectivity index (χ3v) is 3.86. The van der Waals surface area contributed by atoms with Crippen LogP contribution in [0.25, 0.3) is 0 Å². The first kappa shape index (κ1) is 19.6. The van der Waals surface area contributed by atoms with E-state index in [1.54, 1.807) is 0 Å². The largest absolute Gasteiger partial charge is 0.496 e. The Kier molecular flexibility index (Phi) is 5.58. The number of fused-ring (bicyclic) bond motifs is 1. The Hall–Kier alpha value is -4.15. The van der Waals surface area contributed by atoms with Gasteiger partial charge in [-0.25, -0.2) is 4.79 Å². The van der Waals surface area contributed by atoms with Gasteiger partial charge in [0.2, 0.25) is 0 Å². The van der Waals surface area contributed by atoms with Crippen molar-refractivity contribution in [2.75, 3.05) is 31.0 Å². The van der Waals surface area contributed by atoms with E-state index in [4.69, 9.17) is 14.2 Å². The summed E-state index contributed by atoms with van der Waals surface area (Å²) in [6, 6.07) is 8.18. The maximum Gasteiger partial charge on any atom is 0.338 e. The van der Waals surface area contributed by atoms with Gasteiger partial charge in [-0.3, -0.25) is 19.7 Å². The SMILES string of the molecule is COc1ccc(NC(=O)COC(=O)c2ccc3c(c2)OCC(=O)N3)c([N+](=O)[O-])c1. The number of esters is 1. The fourth-order valence-corrected chi connectivity index (χ4v) is 2.50. The van der Waals surface area contributed by atoms with E-state index in [9.17, 15) is 24.5 Å². The van der Waals surface area contributed by atoms with Crippen molar-refractivity contribution in [3.63, 3.8) is 0 Å². The van der Waals surface area contributed by atoms with Gasteiger partial charge in [0.15, 0.2) is 13.2 Å². The second-order valence-electron chi connectivity index (χ2n) is 5.81. The average Bonchev–Trinajstić information content (AvgIpc) is 2.71. The van der Waals surface area contributed by atoms with Gasteiger partial charge in [0, 0.05) is 0 Å². The predicted molar refractivity (Wildman–Crippen MR) is 99.1 cm³/mol. The summed E-state index contributed by atoms with van der Waals surface area (Å²) >= 11 is 0. The lowest BCUT2D eigenvalue weighted by molar-refractivity contribution is -0.384. The van der Waals surface area contributed by atoms with Crippen LogP contribution in [0, 0.1) is 10.1 Å². The number of anilines is 2.